The molecule has 8 heteroatoms. The summed E-state index contributed by atoms with van der Waals surface area (Å²) in [4.78, 5) is 13.7. The monoisotopic (exact) mass is 402 g/mol. The van der Waals surface area contributed by atoms with Crippen molar-refractivity contribution in [1.82, 2.24) is 9.88 Å². The van der Waals surface area contributed by atoms with Crippen LogP contribution in [0.4, 0.5) is 11.5 Å². The Balaban J connectivity index is 1.60. The van der Waals surface area contributed by atoms with Gasteiger partial charge in [-0.05, 0) is 42.4 Å². The van der Waals surface area contributed by atoms with Crippen LogP contribution in [0, 0.1) is 0 Å². The normalized spacial score (nSPS) is 15.5. The van der Waals surface area contributed by atoms with Crippen molar-refractivity contribution in [3.63, 3.8) is 0 Å². The van der Waals surface area contributed by atoms with Crippen LogP contribution in [0.2, 0.25) is 5.02 Å². The zero-order valence-corrected chi connectivity index (χ0v) is 17.1. The van der Waals surface area contributed by atoms with E-state index in [1.54, 1.807) is 19.2 Å². The topological polar surface area (TPSA) is 79.0 Å². The van der Waals surface area contributed by atoms with E-state index in [0.717, 1.165) is 49.8 Å². The number of piperazine rings is 1. The Labute approximate surface area is 171 Å². The Bertz CT molecular complexity index is 820. The highest BCUT2D eigenvalue weighted by atomic mass is 35.5. The Hall–Kier alpha value is -2.51. The number of nitrogens with zero attached hydrogens (tertiary/aromatic N) is 4. The van der Waals surface area contributed by atoms with Crippen molar-refractivity contribution in [2.45, 2.75) is 13.5 Å². The quantitative estimate of drug-likeness (QED) is 0.571. The Kier molecular flexibility index (Phi) is 6.95. The molecule has 0 spiro atoms. The molecule has 1 aliphatic rings. The van der Waals surface area contributed by atoms with E-state index in [9.17, 15) is 0 Å². The molecular weight excluding hydrogens is 376 g/mol. The molecule has 0 amide bonds. The number of anilines is 2. The fourth-order valence-corrected chi connectivity index (χ4v) is 3.39. The molecule has 3 N–H and O–H groups in total. The molecule has 0 aliphatic carbocycles. The van der Waals surface area contributed by atoms with Gasteiger partial charge in [0.25, 0.3) is 0 Å². The molecular formula is C20H27ClN6O. The van der Waals surface area contributed by atoms with Crippen LogP contribution in [0.15, 0.2) is 41.5 Å². The van der Waals surface area contributed by atoms with Gasteiger partial charge in [-0.2, -0.15) is 0 Å². The van der Waals surface area contributed by atoms with E-state index in [4.69, 9.17) is 22.1 Å². The molecule has 28 heavy (non-hydrogen) atoms. The number of likely N-dealkylation sites (N-methyl/N-ethyl adjacent to an activating group) is 1. The Morgan fingerprint density at radius 3 is 2.71 bits per heavy atom. The van der Waals surface area contributed by atoms with Crippen LogP contribution < -0.4 is 20.7 Å². The molecule has 1 fully saturated rings. The zero-order valence-electron chi connectivity index (χ0n) is 16.4. The predicted octanol–water partition coefficient (Wildman–Crippen LogP) is 2.81. The van der Waals surface area contributed by atoms with E-state index in [-0.39, 0.29) is 0 Å². The molecule has 0 atom stereocenters. The lowest BCUT2D eigenvalue weighted by molar-refractivity contribution is 0.270. The molecule has 0 radical (unpaired) electrons. The lowest BCUT2D eigenvalue weighted by atomic mass is 10.2. The second-order valence-electron chi connectivity index (χ2n) is 6.62. The van der Waals surface area contributed by atoms with Crippen molar-refractivity contribution in [2.75, 3.05) is 50.1 Å². The highest BCUT2D eigenvalue weighted by Gasteiger charge is 2.16. The van der Waals surface area contributed by atoms with Crippen molar-refractivity contribution in [3.05, 3.63) is 47.1 Å². The number of ether oxygens (including phenoxy) is 1. The summed E-state index contributed by atoms with van der Waals surface area (Å²) in [5.41, 5.74) is 7.85. The third-order valence-corrected chi connectivity index (χ3v) is 5.10. The molecule has 1 saturated heterocycles. The number of aliphatic imine (C=N–C) groups is 1. The van der Waals surface area contributed by atoms with Crippen molar-refractivity contribution in [2.24, 2.45) is 10.7 Å². The fourth-order valence-electron chi connectivity index (χ4n) is 3.13. The lowest BCUT2D eigenvalue weighted by Crippen LogP contribution is -2.46. The van der Waals surface area contributed by atoms with Gasteiger partial charge in [0.05, 0.1) is 18.7 Å². The number of benzene rings is 1. The van der Waals surface area contributed by atoms with E-state index >= 15 is 0 Å². The van der Waals surface area contributed by atoms with Crippen molar-refractivity contribution < 1.29 is 4.74 Å². The number of rotatable bonds is 6. The van der Waals surface area contributed by atoms with Crippen LogP contribution in [0.25, 0.3) is 0 Å². The SMILES string of the molecule is CCN1CCN(c2cc(CN=C(N)Nc3ccc(OC)c(Cl)c3)ccn2)CC1. The number of pyridine rings is 1. The first kappa shape index (κ1) is 20.2. The van der Waals surface area contributed by atoms with Gasteiger partial charge in [0.15, 0.2) is 5.96 Å². The molecule has 2 heterocycles. The number of methoxy groups -OCH3 is 1. The summed E-state index contributed by atoms with van der Waals surface area (Å²) in [6, 6.07) is 9.43. The third kappa shape index (κ3) is 5.27. The van der Waals surface area contributed by atoms with Gasteiger partial charge in [-0.1, -0.05) is 18.5 Å². The van der Waals surface area contributed by atoms with Crippen molar-refractivity contribution in [1.29, 1.82) is 0 Å². The largest absolute Gasteiger partial charge is 0.495 e. The number of guanidine groups is 1. The Morgan fingerprint density at radius 2 is 2.04 bits per heavy atom. The smallest absolute Gasteiger partial charge is 0.193 e. The van der Waals surface area contributed by atoms with Gasteiger partial charge < -0.3 is 25.6 Å². The summed E-state index contributed by atoms with van der Waals surface area (Å²) in [5, 5.41) is 3.57. The summed E-state index contributed by atoms with van der Waals surface area (Å²) in [6.45, 7) is 7.91. The molecule has 2 aromatic rings. The molecule has 1 aliphatic heterocycles. The fraction of sp³-hybridized carbons (Fsp3) is 0.400. The highest BCUT2D eigenvalue weighted by Crippen LogP contribution is 2.27. The summed E-state index contributed by atoms with van der Waals surface area (Å²) >= 11 is 6.14. The first-order valence-electron chi connectivity index (χ1n) is 9.41. The molecule has 0 unspecified atom stereocenters. The number of halogens is 1. The van der Waals surface area contributed by atoms with Gasteiger partial charge in [-0.15, -0.1) is 0 Å². The first-order chi connectivity index (χ1) is 13.6. The second kappa shape index (κ2) is 9.61. The van der Waals surface area contributed by atoms with Gasteiger partial charge >= 0.3 is 0 Å². The van der Waals surface area contributed by atoms with Crippen LogP contribution in [0.1, 0.15) is 12.5 Å². The number of nitrogens with two attached hydrogens (primary N) is 1. The van der Waals surface area contributed by atoms with Crippen LogP contribution in [0.5, 0.6) is 5.75 Å². The van der Waals surface area contributed by atoms with Gasteiger partial charge in [-0.25, -0.2) is 9.98 Å². The van der Waals surface area contributed by atoms with E-state index < -0.39 is 0 Å². The number of hydrogen-bond donors (Lipinski definition) is 2. The third-order valence-electron chi connectivity index (χ3n) is 4.81. The molecule has 3 rings (SSSR count). The van der Waals surface area contributed by atoms with Gasteiger partial charge in [0.2, 0.25) is 0 Å². The molecule has 0 saturated carbocycles. The molecule has 150 valence electrons. The highest BCUT2D eigenvalue weighted by molar-refractivity contribution is 6.32. The van der Waals surface area contributed by atoms with Crippen LogP contribution in [-0.2, 0) is 6.54 Å². The second-order valence-corrected chi connectivity index (χ2v) is 7.03. The van der Waals surface area contributed by atoms with E-state index in [1.165, 1.54) is 0 Å². The average molecular weight is 403 g/mol. The van der Waals surface area contributed by atoms with Crippen molar-refractivity contribution in [3.8, 4) is 5.75 Å². The minimum atomic E-state index is 0.330. The van der Waals surface area contributed by atoms with Gasteiger partial charge in [0.1, 0.15) is 11.6 Å². The summed E-state index contributed by atoms with van der Waals surface area (Å²) in [5.74, 6) is 1.94. The minimum Gasteiger partial charge on any atom is -0.495 e. The van der Waals surface area contributed by atoms with Crippen molar-refractivity contribution >= 4 is 29.1 Å². The lowest BCUT2D eigenvalue weighted by Gasteiger charge is -2.34. The van der Waals surface area contributed by atoms with Crippen LogP contribution in [-0.4, -0.2) is 55.7 Å². The number of aromatic nitrogens is 1. The van der Waals surface area contributed by atoms with E-state index in [1.807, 2.05) is 18.3 Å². The van der Waals surface area contributed by atoms with Gasteiger partial charge in [-0.3, -0.25) is 0 Å². The molecule has 7 nitrogen and oxygen atoms in total. The maximum Gasteiger partial charge on any atom is 0.193 e. The summed E-state index contributed by atoms with van der Waals surface area (Å²) in [7, 11) is 1.58. The number of nitrogens with one attached hydrogen (secondary N) is 1. The standard InChI is InChI=1S/C20H27ClN6O/c1-3-26-8-10-27(11-9-26)19-12-15(6-7-23-19)14-24-20(22)25-16-4-5-18(28-2)17(21)13-16/h4-7,12-13H,3,8-11,14H2,1-2H3,(H3,22,24,25). The van der Waals surface area contributed by atoms with E-state index in [2.05, 4.69) is 38.1 Å². The molecule has 1 aromatic carbocycles. The summed E-state index contributed by atoms with van der Waals surface area (Å²) in [6.07, 6.45) is 1.83. The first-order valence-corrected chi connectivity index (χ1v) is 9.79. The minimum absolute atomic E-state index is 0.330. The Morgan fingerprint density at radius 1 is 1.25 bits per heavy atom. The number of hydrogen-bond acceptors (Lipinski definition) is 5. The molecule has 0 bridgehead atoms. The maximum atomic E-state index is 6.14. The summed E-state index contributed by atoms with van der Waals surface area (Å²) < 4.78 is 5.15. The predicted molar refractivity (Wildman–Crippen MR) is 116 cm³/mol. The molecule has 1 aromatic heterocycles. The maximum absolute atomic E-state index is 6.14. The van der Waals surface area contributed by atoms with Gasteiger partial charge in [0, 0.05) is 38.1 Å². The van der Waals surface area contributed by atoms with Crippen LogP contribution in [0.3, 0.4) is 0 Å². The average Bonchev–Trinajstić information content (AvgIpc) is 2.73. The zero-order chi connectivity index (χ0) is 19.9. The van der Waals surface area contributed by atoms with E-state index in [0.29, 0.717) is 23.3 Å². The van der Waals surface area contributed by atoms with Crippen LogP contribution >= 0.6 is 11.6 Å².